The van der Waals surface area contributed by atoms with Crippen molar-refractivity contribution in [2.75, 3.05) is 13.1 Å². The third-order valence-corrected chi connectivity index (χ3v) is 5.92. The molecule has 2 aliphatic carbocycles. The summed E-state index contributed by atoms with van der Waals surface area (Å²) in [6, 6.07) is 3.60. The van der Waals surface area contributed by atoms with Crippen LogP contribution in [0.3, 0.4) is 0 Å². The highest BCUT2D eigenvalue weighted by Gasteiger charge is 2.31. The van der Waals surface area contributed by atoms with E-state index in [2.05, 4.69) is 26.8 Å². The van der Waals surface area contributed by atoms with Gasteiger partial charge in [-0.1, -0.05) is 0 Å². The van der Waals surface area contributed by atoms with Crippen LogP contribution >= 0.6 is 0 Å². The molecule has 0 amide bonds. The summed E-state index contributed by atoms with van der Waals surface area (Å²) in [6.45, 7) is 3.82. The number of hydrogen-bond acceptors (Lipinski definition) is 4. The summed E-state index contributed by atoms with van der Waals surface area (Å²) in [7, 11) is 2.07. The minimum absolute atomic E-state index is 0.0345. The lowest BCUT2D eigenvalue weighted by Gasteiger charge is -2.39. The van der Waals surface area contributed by atoms with Gasteiger partial charge in [0, 0.05) is 44.6 Å². The molecule has 6 nitrogen and oxygen atoms in total. The molecule has 1 aliphatic heterocycles. The van der Waals surface area contributed by atoms with Gasteiger partial charge in [0.2, 0.25) is 0 Å². The lowest BCUT2D eigenvalue weighted by Crippen LogP contribution is -2.49. The predicted octanol–water partition coefficient (Wildman–Crippen LogP) is 1.47. The highest BCUT2D eigenvalue weighted by molar-refractivity contribution is 5.30. The lowest BCUT2D eigenvalue weighted by atomic mass is 9.99. The summed E-state index contributed by atoms with van der Waals surface area (Å²) in [4.78, 5) is 14.5. The molecule has 6 heteroatoms. The fraction of sp³-hybridized carbons (Fsp3) is 0.632. The molecular formula is C19H25N5O. The summed E-state index contributed by atoms with van der Waals surface area (Å²) in [5.74, 6) is 1.12. The molecule has 2 fully saturated rings. The van der Waals surface area contributed by atoms with Crippen molar-refractivity contribution in [3.8, 4) is 0 Å². The Morgan fingerprint density at radius 1 is 1.16 bits per heavy atom. The van der Waals surface area contributed by atoms with E-state index in [0.29, 0.717) is 11.8 Å². The van der Waals surface area contributed by atoms with E-state index in [4.69, 9.17) is 0 Å². The molecule has 1 saturated heterocycles. The zero-order valence-electron chi connectivity index (χ0n) is 14.8. The molecule has 0 radical (unpaired) electrons. The first kappa shape index (κ1) is 15.3. The maximum atomic E-state index is 12.1. The van der Waals surface area contributed by atoms with E-state index >= 15 is 0 Å². The smallest absolute Gasteiger partial charge is 0.266 e. The molecule has 3 heterocycles. The van der Waals surface area contributed by atoms with Crippen LogP contribution in [-0.2, 0) is 33.0 Å². The van der Waals surface area contributed by atoms with E-state index in [1.165, 1.54) is 42.6 Å². The molecule has 2 aromatic heterocycles. The minimum atomic E-state index is 0.0345. The van der Waals surface area contributed by atoms with Gasteiger partial charge in [-0.25, -0.2) is 4.68 Å². The Balaban J connectivity index is 1.21. The first-order valence-electron chi connectivity index (χ1n) is 9.51. The van der Waals surface area contributed by atoms with Crippen LogP contribution < -0.4 is 5.56 Å². The quantitative estimate of drug-likeness (QED) is 0.828. The van der Waals surface area contributed by atoms with Gasteiger partial charge in [0.05, 0.1) is 23.6 Å². The second kappa shape index (κ2) is 5.80. The Hall–Kier alpha value is -1.95. The molecule has 0 unspecified atom stereocenters. The van der Waals surface area contributed by atoms with Gasteiger partial charge >= 0.3 is 0 Å². The van der Waals surface area contributed by atoms with Crippen LogP contribution in [0.5, 0.6) is 0 Å². The minimum Gasteiger partial charge on any atom is -0.297 e. The van der Waals surface area contributed by atoms with Crippen LogP contribution in [0.4, 0.5) is 0 Å². The molecule has 0 atom stereocenters. The third-order valence-electron chi connectivity index (χ3n) is 5.92. The monoisotopic (exact) mass is 339 g/mol. The van der Waals surface area contributed by atoms with Crippen LogP contribution in [0.2, 0.25) is 0 Å². The number of aryl methyl sites for hydroxylation is 2. The lowest BCUT2D eigenvalue weighted by molar-refractivity contribution is 0.0738. The fourth-order valence-corrected chi connectivity index (χ4v) is 4.35. The zero-order chi connectivity index (χ0) is 17.0. The van der Waals surface area contributed by atoms with E-state index in [1.54, 1.807) is 10.7 Å². The molecule has 2 aromatic rings. The molecular weight excluding hydrogens is 314 g/mol. The van der Waals surface area contributed by atoms with Crippen LogP contribution in [0.1, 0.15) is 47.8 Å². The number of hydrogen-bond donors (Lipinski definition) is 0. The van der Waals surface area contributed by atoms with Gasteiger partial charge in [-0.2, -0.15) is 10.2 Å². The Kier molecular flexibility index (Phi) is 3.55. The fourth-order valence-electron chi connectivity index (χ4n) is 4.35. The zero-order valence-corrected chi connectivity index (χ0v) is 14.8. The molecule has 0 spiro atoms. The highest BCUT2D eigenvalue weighted by atomic mass is 16.1. The van der Waals surface area contributed by atoms with Crippen molar-refractivity contribution in [1.82, 2.24) is 24.5 Å². The topological polar surface area (TPSA) is 56.0 Å². The number of rotatable bonds is 5. The van der Waals surface area contributed by atoms with E-state index < -0.39 is 0 Å². The Morgan fingerprint density at radius 3 is 2.80 bits per heavy atom. The Morgan fingerprint density at radius 2 is 2.00 bits per heavy atom. The van der Waals surface area contributed by atoms with Gasteiger partial charge in [-0.05, 0) is 43.7 Å². The second-order valence-corrected chi connectivity index (χ2v) is 7.96. The summed E-state index contributed by atoms with van der Waals surface area (Å²) < 4.78 is 3.76. The van der Waals surface area contributed by atoms with E-state index in [0.717, 1.165) is 38.3 Å². The molecule has 0 N–H and O–H groups in total. The Bertz CT molecular complexity index is 857. The number of fused-ring (bicyclic) bond motifs is 1. The van der Waals surface area contributed by atoms with Crippen molar-refractivity contribution in [1.29, 1.82) is 0 Å². The first-order valence-corrected chi connectivity index (χ1v) is 9.51. The van der Waals surface area contributed by atoms with Crippen molar-refractivity contribution < 1.29 is 0 Å². The Labute approximate surface area is 147 Å². The SMILES string of the molecule is Cn1nc2c(c1CN1CC(Cn3nc(C4CC4)ccc3=O)C1)CCC2. The van der Waals surface area contributed by atoms with Gasteiger partial charge < -0.3 is 0 Å². The summed E-state index contributed by atoms with van der Waals surface area (Å²) in [5.41, 5.74) is 5.31. The summed E-state index contributed by atoms with van der Waals surface area (Å²) >= 11 is 0. The maximum Gasteiger partial charge on any atom is 0.266 e. The van der Waals surface area contributed by atoms with Crippen molar-refractivity contribution in [3.63, 3.8) is 0 Å². The normalized spacial score (nSPS) is 20.7. The highest BCUT2D eigenvalue weighted by Crippen LogP contribution is 2.38. The van der Waals surface area contributed by atoms with Crippen molar-refractivity contribution in [3.05, 3.63) is 45.1 Å². The average molecular weight is 339 g/mol. The van der Waals surface area contributed by atoms with Crippen LogP contribution in [0.15, 0.2) is 16.9 Å². The predicted molar refractivity (Wildman–Crippen MR) is 94.5 cm³/mol. The standard InChI is InChI=1S/C19H25N5O/c1-22-18(15-3-2-4-17(15)20-22)12-23-9-13(10-23)11-24-19(25)8-7-16(21-24)14-5-6-14/h7-8,13-14H,2-6,9-12H2,1H3. The van der Waals surface area contributed by atoms with Gasteiger partial charge in [-0.3, -0.25) is 14.4 Å². The molecule has 5 rings (SSSR count). The van der Waals surface area contributed by atoms with Gasteiger partial charge in [-0.15, -0.1) is 0 Å². The van der Waals surface area contributed by atoms with E-state index in [9.17, 15) is 4.79 Å². The number of nitrogens with zero attached hydrogens (tertiary/aromatic N) is 5. The summed E-state index contributed by atoms with van der Waals surface area (Å²) in [5, 5.41) is 9.26. The third kappa shape index (κ3) is 2.82. The van der Waals surface area contributed by atoms with Crippen molar-refractivity contribution in [2.24, 2.45) is 13.0 Å². The molecule has 3 aliphatic rings. The van der Waals surface area contributed by atoms with Gasteiger partial charge in [0.25, 0.3) is 5.56 Å². The van der Waals surface area contributed by atoms with Crippen molar-refractivity contribution >= 4 is 0 Å². The molecule has 1 saturated carbocycles. The molecule has 0 bridgehead atoms. The van der Waals surface area contributed by atoms with Gasteiger partial charge in [0.15, 0.2) is 0 Å². The van der Waals surface area contributed by atoms with Crippen LogP contribution in [-0.4, -0.2) is 37.6 Å². The summed E-state index contributed by atoms with van der Waals surface area (Å²) in [6.07, 6.45) is 6.01. The number of likely N-dealkylation sites (tertiary alicyclic amines) is 1. The largest absolute Gasteiger partial charge is 0.297 e. The first-order chi connectivity index (χ1) is 12.2. The van der Waals surface area contributed by atoms with Crippen molar-refractivity contribution in [2.45, 2.75) is 51.1 Å². The van der Waals surface area contributed by atoms with Gasteiger partial charge in [0.1, 0.15) is 0 Å². The average Bonchev–Trinajstić information content (AvgIpc) is 3.24. The van der Waals surface area contributed by atoms with E-state index in [1.807, 2.05) is 6.07 Å². The van der Waals surface area contributed by atoms with E-state index in [-0.39, 0.29) is 5.56 Å². The second-order valence-electron chi connectivity index (χ2n) is 7.96. The molecule has 25 heavy (non-hydrogen) atoms. The van der Waals surface area contributed by atoms with Crippen LogP contribution in [0, 0.1) is 5.92 Å². The maximum absolute atomic E-state index is 12.1. The molecule has 132 valence electrons. The van der Waals surface area contributed by atoms with Crippen LogP contribution in [0.25, 0.3) is 0 Å². The number of aromatic nitrogens is 4. The molecule has 0 aromatic carbocycles.